The predicted octanol–water partition coefficient (Wildman–Crippen LogP) is 3.29. The lowest BCUT2D eigenvalue weighted by Gasteiger charge is -2.46. The van der Waals surface area contributed by atoms with Gasteiger partial charge in [-0.2, -0.15) is 4.98 Å². The smallest absolute Gasteiger partial charge is 0.308 e. The molecule has 5 nitrogen and oxygen atoms in total. The molecule has 0 aliphatic heterocycles. The molecule has 2 bridgehead atoms. The van der Waals surface area contributed by atoms with Crippen molar-refractivity contribution < 1.29 is 18.4 Å². The zero-order valence-corrected chi connectivity index (χ0v) is 13.4. The number of carbonyl (C=O) groups excluding carboxylic acids is 1. The number of ether oxygens (including phenoxy) is 1. The third-order valence-electron chi connectivity index (χ3n) is 5.30. The normalized spacial score (nSPS) is 31.8. The van der Waals surface area contributed by atoms with Crippen LogP contribution in [0, 0.1) is 11.8 Å². The fourth-order valence-corrected chi connectivity index (χ4v) is 4.10. The molecule has 1 heterocycles. The van der Waals surface area contributed by atoms with Crippen LogP contribution in [-0.4, -0.2) is 23.2 Å². The number of nitrogens with zero attached hydrogens (tertiary/aromatic N) is 2. The molecule has 2 aliphatic carbocycles. The molecule has 0 saturated heterocycles. The lowest BCUT2D eigenvalue weighted by Crippen LogP contribution is -2.44. The van der Waals surface area contributed by atoms with E-state index in [9.17, 15) is 9.18 Å². The highest BCUT2D eigenvalue weighted by molar-refractivity contribution is 5.72. The molecule has 1 aromatic rings. The second-order valence-electron chi connectivity index (χ2n) is 7.20. The SMILES string of the molecule is COC(=O)C1CCC2(c3noc(C(C)(C)F)n3)CCCC1C2. The first-order chi connectivity index (χ1) is 10.4. The van der Waals surface area contributed by atoms with E-state index in [2.05, 4.69) is 10.1 Å². The van der Waals surface area contributed by atoms with Crippen molar-refractivity contribution in [3.05, 3.63) is 11.7 Å². The van der Waals surface area contributed by atoms with Crippen LogP contribution < -0.4 is 0 Å². The summed E-state index contributed by atoms with van der Waals surface area (Å²) in [5.74, 6) is 0.812. The molecule has 0 amide bonds. The highest BCUT2D eigenvalue weighted by Crippen LogP contribution is 2.52. The van der Waals surface area contributed by atoms with E-state index in [0.717, 1.165) is 38.5 Å². The maximum atomic E-state index is 14.0. The van der Waals surface area contributed by atoms with Gasteiger partial charge in [-0.25, -0.2) is 4.39 Å². The second-order valence-corrected chi connectivity index (χ2v) is 7.20. The Bertz CT molecular complexity index is 566. The van der Waals surface area contributed by atoms with Crippen molar-refractivity contribution >= 4 is 5.97 Å². The van der Waals surface area contributed by atoms with Crippen molar-refractivity contribution in [1.82, 2.24) is 10.1 Å². The predicted molar refractivity (Wildman–Crippen MR) is 76.8 cm³/mol. The van der Waals surface area contributed by atoms with Gasteiger partial charge in [0.05, 0.1) is 13.0 Å². The van der Waals surface area contributed by atoms with Gasteiger partial charge in [0, 0.05) is 5.41 Å². The summed E-state index contributed by atoms with van der Waals surface area (Å²) >= 11 is 0. The minimum atomic E-state index is -1.63. The summed E-state index contributed by atoms with van der Waals surface area (Å²) in [7, 11) is 1.45. The van der Waals surface area contributed by atoms with Crippen molar-refractivity contribution in [2.45, 2.75) is 63.5 Å². The lowest BCUT2D eigenvalue weighted by atomic mass is 9.58. The zero-order valence-electron chi connectivity index (χ0n) is 13.4. The average Bonchev–Trinajstić information content (AvgIpc) is 2.97. The van der Waals surface area contributed by atoms with Crippen molar-refractivity contribution in [2.24, 2.45) is 11.8 Å². The minimum Gasteiger partial charge on any atom is -0.469 e. The number of aromatic nitrogens is 2. The third kappa shape index (κ3) is 2.52. The van der Waals surface area contributed by atoms with Gasteiger partial charge in [-0.15, -0.1) is 0 Å². The van der Waals surface area contributed by atoms with Gasteiger partial charge in [0.1, 0.15) is 0 Å². The largest absolute Gasteiger partial charge is 0.469 e. The maximum Gasteiger partial charge on any atom is 0.308 e. The van der Waals surface area contributed by atoms with Crippen LogP contribution in [-0.2, 0) is 20.6 Å². The summed E-state index contributed by atoms with van der Waals surface area (Å²) in [4.78, 5) is 16.3. The Morgan fingerprint density at radius 3 is 2.82 bits per heavy atom. The molecule has 122 valence electrons. The minimum absolute atomic E-state index is 0.0255. The van der Waals surface area contributed by atoms with Gasteiger partial charge in [0.25, 0.3) is 5.89 Å². The Kier molecular flexibility index (Phi) is 3.73. The summed E-state index contributed by atoms with van der Waals surface area (Å²) in [6.07, 6.45) is 5.50. The first kappa shape index (κ1) is 15.4. The average molecular weight is 310 g/mol. The Hall–Kier alpha value is -1.46. The van der Waals surface area contributed by atoms with E-state index >= 15 is 0 Å². The van der Waals surface area contributed by atoms with Gasteiger partial charge in [0.2, 0.25) is 0 Å². The van der Waals surface area contributed by atoms with E-state index in [0.29, 0.717) is 11.7 Å². The van der Waals surface area contributed by atoms with E-state index in [1.165, 1.54) is 21.0 Å². The van der Waals surface area contributed by atoms with Crippen LogP contribution in [0.25, 0.3) is 0 Å². The molecular weight excluding hydrogens is 287 g/mol. The fraction of sp³-hybridized carbons (Fsp3) is 0.812. The lowest BCUT2D eigenvalue weighted by molar-refractivity contribution is -0.150. The van der Waals surface area contributed by atoms with Gasteiger partial charge in [-0.05, 0) is 51.9 Å². The number of halogens is 1. The molecule has 2 fully saturated rings. The van der Waals surface area contributed by atoms with Gasteiger partial charge < -0.3 is 9.26 Å². The van der Waals surface area contributed by atoms with Gasteiger partial charge in [-0.1, -0.05) is 11.6 Å². The van der Waals surface area contributed by atoms with E-state index in [4.69, 9.17) is 9.26 Å². The zero-order chi connectivity index (χ0) is 16.0. The fourth-order valence-electron chi connectivity index (χ4n) is 4.10. The Balaban J connectivity index is 1.85. The van der Waals surface area contributed by atoms with Crippen LogP contribution in [0.4, 0.5) is 4.39 Å². The summed E-state index contributed by atoms with van der Waals surface area (Å²) in [5.41, 5.74) is -1.79. The molecule has 22 heavy (non-hydrogen) atoms. The van der Waals surface area contributed by atoms with Crippen LogP contribution in [0.5, 0.6) is 0 Å². The summed E-state index contributed by atoms with van der Waals surface area (Å²) in [6, 6.07) is 0. The van der Waals surface area contributed by atoms with E-state index in [-0.39, 0.29) is 23.2 Å². The van der Waals surface area contributed by atoms with Crippen molar-refractivity contribution in [3.63, 3.8) is 0 Å². The molecule has 2 aliphatic rings. The number of methoxy groups -OCH3 is 1. The van der Waals surface area contributed by atoms with Gasteiger partial charge in [0.15, 0.2) is 11.5 Å². The highest BCUT2D eigenvalue weighted by Gasteiger charge is 2.49. The van der Waals surface area contributed by atoms with E-state index < -0.39 is 5.67 Å². The standard InChI is InChI=1S/C16H23FN2O3/c1-15(2,17)14-18-13(19-22-14)16-7-4-5-10(9-16)11(6-8-16)12(20)21-3/h10-11H,4-9H2,1-3H3. The molecule has 0 aromatic carbocycles. The Labute approximate surface area is 129 Å². The van der Waals surface area contributed by atoms with Crippen LogP contribution >= 0.6 is 0 Å². The monoisotopic (exact) mass is 310 g/mol. The number of fused-ring (bicyclic) bond motifs is 2. The number of hydrogen-bond acceptors (Lipinski definition) is 5. The first-order valence-corrected chi connectivity index (χ1v) is 7.97. The summed E-state index contributed by atoms with van der Waals surface area (Å²) in [6.45, 7) is 2.83. The summed E-state index contributed by atoms with van der Waals surface area (Å²) in [5, 5.41) is 4.07. The van der Waals surface area contributed by atoms with Crippen molar-refractivity contribution in [2.75, 3.05) is 7.11 Å². The van der Waals surface area contributed by atoms with Crippen LogP contribution in [0.15, 0.2) is 4.52 Å². The Morgan fingerprint density at radius 1 is 1.41 bits per heavy atom. The molecule has 3 atom stereocenters. The molecule has 3 rings (SSSR count). The van der Waals surface area contributed by atoms with Gasteiger partial charge >= 0.3 is 5.97 Å². The number of alkyl halides is 1. The Morgan fingerprint density at radius 2 is 2.18 bits per heavy atom. The van der Waals surface area contributed by atoms with Crippen LogP contribution in [0.3, 0.4) is 0 Å². The third-order valence-corrected chi connectivity index (χ3v) is 5.30. The molecular formula is C16H23FN2O3. The molecule has 0 N–H and O–H groups in total. The second kappa shape index (κ2) is 5.32. The van der Waals surface area contributed by atoms with Crippen LogP contribution in [0.1, 0.15) is 64.1 Å². The van der Waals surface area contributed by atoms with Gasteiger partial charge in [-0.3, -0.25) is 4.79 Å². The van der Waals surface area contributed by atoms with Crippen molar-refractivity contribution in [1.29, 1.82) is 0 Å². The summed E-state index contributed by atoms with van der Waals surface area (Å²) < 4.78 is 24.0. The molecule has 2 saturated carbocycles. The molecule has 1 aromatic heterocycles. The number of carbonyl (C=O) groups is 1. The highest BCUT2D eigenvalue weighted by atomic mass is 19.1. The maximum absolute atomic E-state index is 14.0. The van der Waals surface area contributed by atoms with E-state index in [1.54, 1.807) is 0 Å². The molecule has 6 heteroatoms. The van der Waals surface area contributed by atoms with Crippen LogP contribution in [0.2, 0.25) is 0 Å². The topological polar surface area (TPSA) is 65.2 Å². The quantitative estimate of drug-likeness (QED) is 0.802. The molecule has 0 radical (unpaired) electrons. The molecule has 3 unspecified atom stereocenters. The molecule has 0 spiro atoms. The van der Waals surface area contributed by atoms with E-state index in [1.807, 2.05) is 0 Å². The number of esters is 1. The number of rotatable bonds is 3. The first-order valence-electron chi connectivity index (χ1n) is 7.97. The number of hydrogen-bond donors (Lipinski definition) is 0. The van der Waals surface area contributed by atoms with Crippen molar-refractivity contribution in [3.8, 4) is 0 Å².